The van der Waals surface area contributed by atoms with Crippen LogP contribution >= 0.6 is 0 Å². The molecule has 1 heterocycles. The average molecular weight is 182 g/mol. The number of hydrogen-bond acceptors (Lipinski definition) is 2. The summed E-state index contributed by atoms with van der Waals surface area (Å²) in [5.74, 6) is 0. The molecule has 0 fully saturated rings. The van der Waals surface area contributed by atoms with E-state index in [1.54, 1.807) is 6.20 Å². The fourth-order valence-corrected chi connectivity index (χ4v) is 2.02. The normalized spacial score (nSPS) is 13.4. The Bertz CT molecular complexity index is 541. The number of rotatable bonds is 0. The molecule has 14 heavy (non-hydrogen) atoms. The Labute approximate surface area is 82.1 Å². The Morgan fingerprint density at radius 3 is 3.07 bits per heavy atom. The van der Waals surface area contributed by atoms with Gasteiger partial charge in [0.25, 0.3) is 0 Å². The van der Waals surface area contributed by atoms with Crippen molar-refractivity contribution < 1.29 is 0 Å². The third-order valence-electron chi connectivity index (χ3n) is 2.69. The van der Waals surface area contributed by atoms with Crippen LogP contribution in [0.25, 0.3) is 17.0 Å². The number of nitrogens with two attached hydrogens (primary N) is 1. The van der Waals surface area contributed by atoms with E-state index in [0.29, 0.717) is 0 Å². The Morgan fingerprint density at radius 1 is 1.21 bits per heavy atom. The number of benzene rings is 1. The van der Waals surface area contributed by atoms with Crippen molar-refractivity contribution in [1.82, 2.24) is 4.98 Å². The van der Waals surface area contributed by atoms with Gasteiger partial charge in [0.1, 0.15) is 0 Å². The number of fused-ring (bicyclic) bond motifs is 3. The largest absolute Gasteiger partial charge is 0.398 e. The third kappa shape index (κ3) is 0.880. The van der Waals surface area contributed by atoms with Crippen molar-refractivity contribution in [3.8, 4) is 0 Å². The molecule has 1 aliphatic carbocycles. The van der Waals surface area contributed by atoms with E-state index in [9.17, 15) is 0 Å². The number of allylic oxidation sites excluding steroid dienone is 1. The first kappa shape index (κ1) is 7.56. The van der Waals surface area contributed by atoms with Crippen molar-refractivity contribution in [2.75, 3.05) is 5.73 Å². The summed E-state index contributed by atoms with van der Waals surface area (Å²) in [6.45, 7) is 0. The zero-order valence-electron chi connectivity index (χ0n) is 7.70. The van der Waals surface area contributed by atoms with Crippen molar-refractivity contribution in [2.24, 2.45) is 0 Å². The molecule has 0 saturated carbocycles. The summed E-state index contributed by atoms with van der Waals surface area (Å²) in [5, 5.41) is 1.10. The lowest BCUT2D eigenvalue weighted by Gasteiger charge is -2.06. The Balaban J connectivity index is 2.53. The summed E-state index contributed by atoms with van der Waals surface area (Å²) in [6.07, 6.45) is 7.06. The quantitative estimate of drug-likeness (QED) is 0.679. The van der Waals surface area contributed by atoms with Crippen molar-refractivity contribution in [1.29, 1.82) is 0 Å². The smallest absolute Gasteiger partial charge is 0.0728 e. The number of nitrogens with zero attached hydrogens (tertiary/aromatic N) is 1. The van der Waals surface area contributed by atoms with E-state index in [2.05, 4.69) is 23.2 Å². The summed E-state index contributed by atoms with van der Waals surface area (Å²) < 4.78 is 0. The Kier molecular flexibility index (Phi) is 1.39. The molecule has 2 aromatic rings. The van der Waals surface area contributed by atoms with Crippen LogP contribution in [0, 0.1) is 0 Å². The fraction of sp³-hybridized carbons (Fsp3) is 0.0833. The minimum absolute atomic E-state index is 0.818. The molecule has 2 nitrogen and oxygen atoms in total. The fourth-order valence-electron chi connectivity index (χ4n) is 2.02. The molecule has 0 radical (unpaired) electrons. The van der Waals surface area contributed by atoms with Gasteiger partial charge in [0.15, 0.2) is 0 Å². The van der Waals surface area contributed by atoms with E-state index in [1.807, 2.05) is 12.1 Å². The van der Waals surface area contributed by atoms with Crippen molar-refractivity contribution >= 4 is 22.7 Å². The van der Waals surface area contributed by atoms with Crippen LogP contribution in [-0.2, 0) is 6.42 Å². The van der Waals surface area contributed by atoms with Crippen LogP contribution in [0.5, 0.6) is 0 Å². The summed E-state index contributed by atoms with van der Waals surface area (Å²) in [6, 6.07) is 6.02. The van der Waals surface area contributed by atoms with Gasteiger partial charge in [-0.25, -0.2) is 0 Å². The van der Waals surface area contributed by atoms with Gasteiger partial charge < -0.3 is 5.73 Å². The molecule has 3 rings (SSSR count). The van der Waals surface area contributed by atoms with Gasteiger partial charge in [-0.05, 0) is 29.7 Å². The second kappa shape index (κ2) is 2.58. The number of hydrogen-bond donors (Lipinski definition) is 1. The first-order chi connectivity index (χ1) is 6.86. The average Bonchev–Trinajstić information content (AvgIpc) is 2.65. The molecular weight excluding hydrogens is 172 g/mol. The highest BCUT2D eigenvalue weighted by atomic mass is 14.7. The standard InChI is InChI=1S/C12H10N2/c13-10-6-7-14-11-5-4-8-2-1-3-9(8)12(10)11/h1,3-7H,2H2,(H2,13,14). The maximum Gasteiger partial charge on any atom is 0.0728 e. The molecule has 0 unspecified atom stereocenters. The zero-order valence-corrected chi connectivity index (χ0v) is 7.70. The molecule has 1 aromatic carbocycles. The monoisotopic (exact) mass is 182 g/mol. The van der Waals surface area contributed by atoms with E-state index in [1.165, 1.54) is 11.1 Å². The van der Waals surface area contributed by atoms with Crippen molar-refractivity contribution in [3.05, 3.63) is 41.6 Å². The van der Waals surface area contributed by atoms with Gasteiger partial charge in [-0.1, -0.05) is 18.2 Å². The first-order valence-corrected chi connectivity index (χ1v) is 4.69. The SMILES string of the molecule is Nc1ccnc2ccc3c(c12)C=CC3. The number of nitrogen functional groups attached to an aromatic ring is 1. The molecule has 0 bridgehead atoms. The molecule has 1 aliphatic rings. The lowest BCUT2D eigenvalue weighted by molar-refractivity contribution is 1.31. The number of anilines is 1. The van der Waals surface area contributed by atoms with Crippen LogP contribution in [-0.4, -0.2) is 4.98 Å². The minimum Gasteiger partial charge on any atom is -0.398 e. The highest BCUT2D eigenvalue weighted by Crippen LogP contribution is 2.30. The molecular formula is C12H10N2. The number of pyridine rings is 1. The maximum atomic E-state index is 5.96. The molecule has 2 N–H and O–H groups in total. The highest BCUT2D eigenvalue weighted by molar-refractivity contribution is 5.98. The van der Waals surface area contributed by atoms with Gasteiger partial charge in [0, 0.05) is 17.3 Å². The van der Waals surface area contributed by atoms with E-state index in [-0.39, 0.29) is 0 Å². The summed E-state index contributed by atoms with van der Waals surface area (Å²) in [5.41, 5.74) is 10.3. The van der Waals surface area contributed by atoms with E-state index < -0.39 is 0 Å². The first-order valence-electron chi connectivity index (χ1n) is 4.69. The van der Waals surface area contributed by atoms with Crippen LogP contribution in [0.15, 0.2) is 30.5 Å². The van der Waals surface area contributed by atoms with Crippen molar-refractivity contribution in [3.63, 3.8) is 0 Å². The Morgan fingerprint density at radius 2 is 2.14 bits per heavy atom. The van der Waals surface area contributed by atoms with Crippen LogP contribution in [0.2, 0.25) is 0 Å². The van der Waals surface area contributed by atoms with Gasteiger partial charge in [-0.15, -0.1) is 0 Å². The predicted octanol–water partition coefficient (Wildman–Crippen LogP) is 2.39. The second-order valence-electron chi connectivity index (χ2n) is 3.54. The van der Waals surface area contributed by atoms with Gasteiger partial charge in [-0.3, -0.25) is 4.98 Å². The van der Waals surface area contributed by atoms with Gasteiger partial charge in [-0.2, -0.15) is 0 Å². The molecule has 1 aromatic heterocycles. The van der Waals surface area contributed by atoms with E-state index in [4.69, 9.17) is 5.73 Å². The van der Waals surface area contributed by atoms with Gasteiger partial charge >= 0.3 is 0 Å². The molecule has 0 aliphatic heterocycles. The molecule has 0 amide bonds. The molecule has 0 saturated heterocycles. The van der Waals surface area contributed by atoms with E-state index >= 15 is 0 Å². The minimum atomic E-state index is 0.818. The summed E-state index contributed by atoms with van der Waals surface area (Å²) in [4.78, 5) is 4.31. The molecule has 0 atom stereocenters. The summed E-state index contributed by atoms with van der Waals surface area (Å²) >= 11 is 0. The topological polar surface area (TPSA) is 38.9 Å². The second-order valence-corrected chi connectivity index (χ2v) is 3.54. The van der Waals surface area contributed by atoms with Gasteiger partial charge in [0.2, 0.25) is 0 Å². The zero-order chi connectivity index (χ0) is 9.54. The predicted molar refractivity (Wildman–Crippen MR) is 58.9 cm³/mol. The van der Waals surface area contributed by atoms with Crippen LogP contribution in [0.1, 0.15) is 11.1 Å². The molecule has 68 valence electrons. The van der Waals surface area contributed by atoms with Crippen LogP contribution in [0.3, 0.4) is 0 Å². The maximum absolute atomic E-state index is 5.96. The molecule has 2 heteroatoms. The van der Waals surface area contributed by atoms with Crippen LogP contribution < -0.4 is 5.73 Å². The third-order valence-corrected chi connectivity index (χ3v) is 2.69. The Hall–Kier alpha value is -1.83. The lowest BCUT2D eigenvalue weighted by Crippen LogP contribution is -1.92. The molecule has 0 spiro atoms. The number of aromatic nitrogens is 1. The van der Waals surface area contributed by atoms with Crippen molar-refractivity contribution in [2.45, 2.75) is 6.42 Å². The summed E-state index contributed by atoms with van der Waals surface area (Å²) in [7, 11) is 0. The lowest BCUT2D eigenvalue weighted by atomic mass is 10.0. The van der Waals surface area contributed by atoms with Gasteiger partial charge in [0.05, 0.1) is 5.52 Å². The highest BCUT2D eigenvalue weighted by Gasteiger charge is 2.10. The van der Waals surface area contributed by atoms with Crippen LogP contribution in [0.4, 0.5) is 5.69 Å². The van der Waals surface area contributed by atoms with E-state index in [0.717, 1.165) is 23.0 Å².